The fourth-order valence-corrected chi connectivity index (χ4v) is 3.00. The van der Waals surface area contributed by atoms with Gasteiger partial charge in [-0.1, -0.05) is 38.8 Å². The molecule has 3 N–H and O–H groups in total. The highest BCUT2D eigenvalue weighted by atomic mass is 16.5. The van der Waals surface area contributed by atoms with Crippen molar-refractivity contribution in [3.8, 4) is 0 Å². The van der Waals surface area contributed by atoms with E-state index < -0.39 is 5.54 Å². The molecule has 23 heavy (non-hydrogen) atoms. The molecule has 2 rings (SSSR count). The average molecular weight is 323 g/mol. The zero-order valence-electron chi connectivity index (χ0n) is 14.5. The number of nitrogens with two attached hydrogens (primary N) is 1. The molecule has 1 aromatic heterocycles. The van der Waals surface area contributed by atoms with E-state index in [-0.39, 0.29) is 11.8 Å². The second kappa shape index (κ2) is 7.88. The minimum absolute atomic E-state index is 0.0375. The average Bonchev–Trinajstić information content (AvgIpc) is 3.21. The van der Waals surface area contributed by atoms with Gasteiger partial charge in [-0.05, 0) is 25.9 Å². The molecule has 1 aliphatic carbocycles. The Morgan fingerprint density at radius 2 is 2.04 bits per heavy atom. The van der Waals surface area contributed by atoms with E-state index in [4.69, 9.17) is 10.3 Å². The van der Waals surface area contributed by atoms with Crippen molar-refractivity contribution in [2.75, 3.05) is 19.6 Å². The van der Waals surface area contributed by atoms with Gasteiger partial charge in [0.25, 0.3) is 0 Å². The van der Waals surface area contributed by atoms with E-state index >= 15 is 0 Å². The molecule has 1 aromatic rings. The van der Waals surface area contributed by atoms with Gasteiger partial charge in [0.2, 0.25) is 11.8 Å². The molecule has 130 valence electrons. The third-order valence-electron chi connectivity index (χ3n) is 4.77. The standard InChI is InChI=1S/C16H29N5O2/c1-4-21(5-2)11-13-18-15(20-23-13)16(8-6-7-9-16)19-14(22)12(3)10-17/h12H,4-11,17H2,1-3H3,(H,19,22). The summed E-state index contributed by atoms with van der Waals surface area (Å²) in [6.45, 7) is 8.89. The van der Waals surface area contributed by atoms with Crippen LogP contribution in [0.5, 0.6) is 0 Å². The molecule has 1 saturated carbocycles. The molecule has 0 bridgehead atoms. The highest BCUT2D eigenvalue weighted by Gasteiger charge is 2.41. The molecule has 0 radical (unpaired) electrons. The van der Waals surface area contributed by atoms with Crippen molar-refractivity contribution >= 4 is 5.91 Å². The minimum Gasteiger partial charge on any atom is -0.343 e. The fraction of sp³-hybridized carbons (Fsp3) is 0.812. The van der Waals surface area contributed by atoms with E-state index in [1.54, 1.807) is 0 Å². The summed E-state index contributed by atoms with van der Waals surface area (Å²) in [5.41, 5.74) is 5.11. The van der Waals surface area contributed by atoms with Crippen molar-refractivity contribution in [2.45, 2.75) is 58.5 Å². The van der Waals surface area contributed by atoms with E-state index in [2.05, 4.69) is 34.2 Å². The summed E-state index contributed by atoms with van der Waals surface area (Å²) in [6.07, 6.45) is 3.80. The molecule has 1 atom stereocenters. The van der Waals surface area contributed by atoms with Crippen molar-refractivity contribution in [2.24, 2.45) is 11.7 Å². The van der Waals surface area contributed by atoms with Crippen LogP contribution in [0.2, 0.25) is 0 Å². The first-order valence-corrected chi connectivity index (χ1v) is 8.62. The Morgan fingerprint density at radius 3 is 2.61 bits per heavy atom. The number of nitrogens with one attached hydrogen (secondary N) is 1. The maximum absolute atomic E-state index is 12.3. The normalized spacial score (nSPS) is 18.3. The van der Waals surface area contributed by atoms with E-state index in [0.29, 0.717) is 24.8 Å². The number of nitrogens with zero attached hydrogens (tertiary/aromatic N) is 3. The van der Waals surface area contributed by atoms with E-state index in [0.717, 1.165) is 38.8 Å². The molecule has 1 aliphatic rings. The largest absolute Gasteiger partial charge is 0.343 e. The van der Waals surface area contributed by atoms with Gasteiger partial charge >= 0.3 is 0 Å². The van der Waals surface area contributed by atoms with Gasteiger partial charge in [0, 0.05) is 12.5 Å². The van der Waals surface area contributed by atoms with Crippen LogP contribution >= 0.6 is 0 Å². The van der Waals surface area contributed by atoms with Crippen LogP contribution in [0.15, 0.2) is 4.52 Å². The van der Waals surface area contributed by atoms with Crippen LogP contribution in [0.25, 0.3) is 0 Å². The Kier molecular flexibility index (Phi) is 6.12. The maximum Gasteiger partial charge on any atom is 0.240 e. The predicted octanol–water partition coefficient (Wildman–Crippen LogP) is 1.39. The van der Waals surface area contributed by atoms with Crippen LogP contribution in [-0.2, 0) is 16.9 Å². The van der Waals surface area contributed by atoms with Gasteiger partial charge in [-0.2, -0.15) is 4.98 Å². The molecule has 7 heteroatoms. The second-order valence-corrected chi connectivity index (χ2v) is 6.39. The van der Waals surface area contributed by atoms with E-state index in [9.17, 15) is 4.79 Å². The number of hydrogen-bond donors (Lipinski definition) is 2. The predicted molar refractivity (Wildman–Crippen MR) is 87.4 cm³/mol. The lowest BCUT2D eigenvalue weighted by atomic mass is 9.95. The van der Waals surface area contributed by atoms with Crippen LogP contribution in [0.4, 0.5) is 0 Å². The van der Waals surface area contributed by atoms with Crippen molar-refractivity contribution in [1.29, 1.82) is 0 Å². The van der Waals surface area contributed by atoms with Crippen molar-refractivity contribution in [3.05, 3.63) is 11.7 Å². The number of amides is 1. The lowest BCUT2D eigenvalue weighted by Crippen LogP contribution is -2.47. The zero-order chi connectivity index (χ0) is 16.9. The summed E-state index contributed by atoms with van der Waals surface area (Å²) in [5, 5.41) is 7.31. The van der Waals surface area contributed by atoms with Gasteiger partial charge in [-0.25, -0.2) is 0 Å². The first-order chi connectivity index (χ1) is 11.0. The quantitative estimate of drug-likeness (QED) is 0.750. The number of carbonyl (C=O) groups is 1. The molecule has 0 aliphatic heterocycles. The van der Waals surface area contributed by atoms with Crippen LogP contribution in [0, 0.1) is 5.92 Å². The summed E-state index contributed by atoms with van der Waals surface area (Å²) < 4.78 is 5.43. The third kappa shape index (κ3) is 4.09. The Hall–Kier alpha value is -1.47. The van der Waals surface area contributed by atoms with Crippen molar-refractivity contribution in [1.82, 2.24) is 20.4 Å². The Balaban J connectivity index is 2.15. The Morgan fingerprint density at radius 1 is 1.39 bits per heavy atom. The highest BCUT2D eigenvalue weighted by Crippen LogP contribution is 2.37. The molecule has 1 unspecified atom stereocenters. The molecule has 1 heterocycles. The van der Waals surface area contributed by atoms with Crippen molar-refractivity contribution < 1.29 is 9.32 Å². The zero-order valence-corrected chi connectivity index (χ0v) is 14.5. The molecule has 0 aromatic carbocycles. The van der Waals surface area contributed by atoms with Crippen LogP contribution in [0.1, 0.15) is 58.2 Å². The fourth-order valence-electron chi connectivity index (χ4n) is 3.00. The van der Waals surface area contributed by atoms with E-state index in [1.165, 1.54) is 0 Å². The molecule has 0 spiro atoms. The van der Waals surface area contributed by atoms with Gasteiger partial charge in [-0.3, -0.25) is 9.69 Å². The number of aromatic nitrogens is 2. The number of hydrogen-bond acceptors (Lipinski definition) is 6. The molecular formula is C16H29N5O2. The molecule has 0 saturated heterocycles. The van der Waals surface area contributed by atoms with Gasteiger partial charge in [-0.15, -0.1) is 0 Å². The summed E-state index contributed by atoms with van der Waals surface area (Å²) >= 11 is 0. The van der Waals surface area contributed by atoms with E-state index in [1.807, 2.05) is 6.92 Å². The first-order valence-electron chi connectivity index (χ1n) is 8.62. The summed E-state index contributed by atoms with van der Waals surface area (Å²) in [7, 11) is 0. The lowest BCUT2D eigenvalue weighted by molar-refractivity contribution is -0.126. The monoisotopic (exact) mass is 323 g/mol. The van der Waals surface area contributed by atoms with Gasteiger partial charge in [0.05, 0.1) is 6.54 Å². The maximum atomic E-state index is 12.3. The smallest absolute Gasteiger partial charge is 0.240 e. The Labute approximate surface area is 138 Å². The van der Waals surface area contributed by atoms with Gasteiger partial charge in [0.15, 0.2) is 5.82 Å². The number of carbonyl (C=O) groups excluding carboxylic acids is 1. The first kappa shape index (κ1) is 17.9. The SMILES string of the molecule is CCN(CC)Cc1nc(C2(NC(=O)C(C)CN)CCCC2)no1. The van der Waals surface area contributed by atoms with Gasteiger partial charge < -0.3 is 15.6 Å². The van der Waals surface area contributed by atoms with Gasteiger partial charge in [0.1, 0.15) is 5.54 Å². The summed E-state index contributed by atoms with van der Waals surface area (Å²) in [4.78, 5) is 19.1. The van der Waals surface area contributed by atoms with Crippen LogP contribution in [0.3, 0.4) is 0 Å². The molecule has 1 fully saturated rings. The van der Waals surface area contributed by atoms with Crippen molar-refractivity contribution in [3.63, 3.8) is 0 Å². The Bertz CT molecular complexity index is 506. The molecular weight excluding hydrogens is 294 g/mol. The van der Waals surface area contributed by atoms with Crippen LogP contribution < -0.4 is 11.1 Å². The second-order valence-electron chi connectivity index (χ2n) is 6.39. The third-order valence-corrected chi connectivity index (χ3v) is 4.77. The number of rotatable bonds is 8. The molecule has 1 amide bonds. The van der Waals surface area contributed by atoms with Crippen LogP contribution in [-0.4, -0.2) is 40.6 Å². The summed E-state index contributed by atoms with van der Waals surface area (Å²) in [6, 6.07) is 0. The molecule has 7 nitrogen and oxygen atoms in total. The topological polar surface area (TPSA) is 97.3 Å². The minimum atomic E-state index is -0.495. The lowest BCUT2D eigenvalue weighted by Gasteiger charge is -2.28. The highest BCUT2D eigenvalue weighted by molar-refractivity contribution is 5.79. The summed E-state index contributed by atoms with van der Waals surface area (Å²) in [5.74, 6) is 0.963.